The van der Waals surface area contributed by atoms with Gasteiger partial charge in [-0.3, -0.25) is 9.59 Å². The summed E-state index contributed by atoms with van der Waals surface area (Å²) in [5.74, 6) is -0.370. The van der Waals surface area contributed by atoms with Gasteiger partial charge >= 0.3 is 0 Å². The highest BCUT2D eigenvalue weighted by Gasteiger charge is 2.14. The number of rotatable bonds is 3. The van der Waals surface area contributed by atoms with Crippen LogP contribution in [-0.4, -0.2) is 23.8 Å². The molecule has 3 N–H and O–H groups in total. The SMILES string of the molecule is CNC(=O)c1cccc(NC(=O)c2ccc3[nH]c(C)c(C)c3c2)c1C. The second kappa shape index (κ2) is 6.43. The maximum absolute atomic E-state index is 12.7. The van der Waals surface area contributed by atoms with Gasteiger partial charge in [-0.05, 0) is 62.2 Å². The van der Waals surface area contributed by atoms with Crippen molar-refractivity contribution >= 4 is 28.4 Å². The van der Waals surface area contributed by atoms with E-state index in [1.165, 1.54) is 0 Å². The Morgan fingerprint density at radius 3 is 2.44 bits per heavy atom. The Bertz CT molecular complexity index is 986. The molecule has 1 heterocycles. The van der Waals surface area contributed by atoms with Crippen molar-refractivity contribution in [3.63, 3.8) is 0 Å². The first-order valence-electron chi connectivity index (χ1n) is 8.14. The zero-order chi connectivity index (χ0) is 18.1. The molecule has 0 aliphatic heterocycles. The van der Waals surface area contributed by atoms with Crippen LogP contribution in [0.4, 0.5) is 5.69 Å². The Kier molecular flexibility index (Phi) is 4.31. The number of nitrogens with one attached hydrogen (secondary N) is 3. The lowest BCUT2D eigenvalue weighted by molar-refractivity contribution is 0.0960. The zero-order valence-electron chi connectivity index (χ0n) is 14.8. The summed E-state index contributed by atoms with van der Waals surface area (Å²) in [5.41, 5.74) is 5.76. The van der Waals surface area contributed by atoms with Crippen molar-refractivity contribution < 1.29 is 9.59 Å². The predicted octanol–water partition coefficient (Wildman–Crippen LogP) is 3.71. The van der Waals surface area contributed by atoms with E-state index in [4.69, 9.17) is 0 Å². The minimum absolute atomic E-state index is 0.173. The van der Waals surface area contributed by atoms with Gasteiger partial charge < -0.3 is 15.6 Å². The molecule has 0 fully saturated rings. The van der Waals surface area contributed by atoms with E-state index in [9.17, 15) is 9.59 Å². The molecule has 5 nitrogen and oxygen atoms in total. The summed E-state index contributed by atoms with van der Waals surface area (Å²) < 4.78 is 0. The maximum Gasteiger partial charge on any atom is 0.255 e. The van der Waals surface area contributed by atoms with Crippen molar-refractivity contribution in [2.24, 2.45) is 0 Å². The molecule has 0 aliphatic rings. The van der Waals surface area contributed by atoms with E-state index >= 15 is 0 Å². The number of aromatic nitrogens is 1. The Balaban J connectivity index is 1.93. The van der Waals surface area contributed by atoms with Gasteiger partial charge in [-0.2, -0.15) is 0 Å². The minimum Gasteiger partial charge on any atom is -0.358 e. The van der Waals surface area contributed by atoms with E-state index in [0.29, 0.717) is 16.8 Å². The normalized spacial score (nSPS) is 10.7. The highest BCUT2D eigenvalue weighted by atomic mass is 16.2. The molecule has 128 valence electrons. The maximum atomic E-state index is 12.7. The van der Waals surface area contributed by atoms with Crippen LogP contribution in [0.15, 0.2) is 36.4 Å². The van der Waals surface area contributed by atoms with E-state index in [1.807, 2.05) is 32.9 Å². The third-order valence-corrected chi connectivity index (χ3v) is 4.62. The van der Waals surface area contributed by atoms with Crippen LogP contribution in [0, 0.1) is 20.8 Å². The molecule has 3 aromatic rings. The number of carbonyl (C=O) groups excluding carboxylic acids is 2. The lowest BCUT2D eigenvalue weighted by Gasteiger charge is -2.12. The van der Waals surface area contributed by atoms with Crippen LogP contribution in [0.1, 0.15) is 37.5 Å². The number of fused-ring (bicyclic) bond motifs is 1. The Morgan fingerprint density at radius 2 is 1.72 bits per heavy atom. The minimum atomic E-state index is -0.197. The van der Waals surface area contributed by atoms with Crippen LogP contribution in [0.2, 0.25) is 0 Å². The number of aryl methyl sites for hydroxylation is 2. The van der Waals surface area contributed by atoms with Crippen molar-refractivity contribution in [3.8, 4) is 0 Å². The summed E-state index contributed by atoms with van der Waals surface area (Å²) in [6.45, 7) is 5.87. The molecule has 0 aliphatic carbocycles. The Morgan fingerprint density at radius 1 is 0.960 bits per heavy atom. The number of hydrogen-bond donors (Lipinski definition) is 3. The van der Waals surface area contributed by atoms with E-state index < -0.39 is 0 Å². The van der Waals surface area contributed by atoms with E-state index in [-0.39, 0.29) is 11.8 Å². The Labute approximate surface area is 146 Å². The van der Waals surface area contributed by atoms with Gasteiger partial charge in [0.1, 0.15) is 0 Å². The first-order chi connectivity index (χ1) is 11.9. The van der Waals surface area contributed by atoms with Crippen LogP contribution in [-0.2, 0) is 0 Å². The summed E-state index contributed by atoms with van der Waals surface area (Å²) in [4.78, 5) is 27.9. The first kappa shape index (κ1) is 16.8. The van der Waals surface area contributed by atoms with Crippen LogP contribution in [0.25, 0.3) is 10.9 Å². The average molecular weight is 335 g/mol. The van der Waals surface area contributed by atoms with Gasteiger partial charge in [0.25, 0.3) is 11.8 Å². The lowest BCUT2D eigenvalue weighted by atomic mass is 10.0. The Hall–Kier alpha value is -3.08. The van der Waals surface area contributed by atoms with Gasteiger partial charge in [0.05, 0.1) is 0 Å². The van der Waals surface area contributed by atoms with Crippen molar-refractivity contribution in [2.75, 3.05) is 12.4 Å². The fourth-order valence-corrected chi connectivity index (χ4v) is 2.95. The molecule has 0 unspecified atom stereocenters. The topological polar surface area (TPSA) is 74.0 Å². The van der Waals surface area contributed by atoms with E-state index in [2.05, 4.69) is 15.6 Å². The van der Waals surface area contributed by atoms with E-state index in [0.717, 1.165) is 27.7 Å². The largest absolute Gasteiger partial charge is 0.358 e. The van der Waals surface area contributed by atoms with Gasteiger partial charge in [0, 0.05) is 40.5 Å². The van der Waals surface area contributed by atoms with E-state index in [1.54, 1.807) is 31.3 Å². The highest BCUT2D eigenvalue weighted by Crippen LogP contribution is 2.24. The summed E-state index contributed by atoms with van der Waals surface area (Å²) in [7, 11) is 1.59. The summed E-state index contributed by atoms with van der Waals surface area (Å²) >= 11 is 0. The number of amides is 2. The molecule has 0 saturated carbocycles. The molecule has 0 atom stereocenters. The molecular weight excluding hydrogens is 314 g/mol. The van der Waals surface area contributed by atoms with Crippen molar-refractivity contribution in [1.29, 1.82) is 0 Å². The summed E-state index contributed by atoms with van der Waals surface area (Å²) in [6, 6.07) is 10.9. The second-order valence-electron chi connectivity index (χ2n) is 6.15. The third kappa shape index (κ3) is 3.01. The van der Waals surface area contributed by atoms with Crippen LogP contribution >= 0.6 is 0 Å². The third-order valence-electron chi connectivity index (χ3n) is 4.62. The fraction of sp³-hybridized carbons (Fsp3) is 0.200. The molecule has 3 rings (SSSR count). The number of hydrogen-bond acceptors (Lipinski definition) is 2. The molecule has 0 spiro atoms. The number of aromatic amines is 1. The molecule has 0 saturated heterocycles. The smallest absolute Gasteiger partial charge is 0.255 e. The number of anilines is 1. The van der Waals surface area contributed by atoms with Gasteiger partial charge in [-0.1, -0.05) is 6.07 Å². The van der Waals surface area contributed by atoms with Gasteiger partial charge in [0.15, 0.2) is 0 Å². The second-order valence-corrected chi connectivity index (χ2v) is 6.15. The lowest BCUT2D eigenvalue weighted by Crippen LogP contribution is -2.20. The molecule has 0 bridgehead atoms. The zero-order valence-corrected chi connectivity index (χ0v) is 14.8. The number of carbonyl (C=O) groups is 2. The van der Waals surface area contributed by atoms with Gasteiger partial charge in [0.2, 0.25) is 0 Å². The number of H-pyrrole nitrogens is 1. The molecular formula is C20H21N3O2. The van der Waals surface area contributed by atoms with Crippen molar-refractivity contribution in [1.82, 2.24) is 10.3 Å². The van der Waals surface area contributed by atoms with Gasteiger partial charge in [-0.25, -0.2) is 0 Å². The summed E-state index contributed by atoms with van der Waals surface area (Å²) in [5, 5.41) is 6.56. The first-order valence-corrected chi connectivity index (χ1v) is 8.14. The molecule has 25 heavy (non-hydrogen) atoms. The van der Waals surface area contributed by atoms with Crippen LogP contribution in [0.3, 0.4) is 0 Å². The average Bonchev–Trinajstić information content (AvgIpc) is 2.90. The number of benzene rings is 2. The van der Waals surface area contributed by atoms with Crippen molar-refractivity contribution in [2.45, 2.75) is 20.8 Å². The fourth-order valence-electron chi connectivity index (χ4n) is 2.95. The standard InChI is InChI=1S/C20H21N3O2/c1-11-13(3)22-18-9-8-14(10-16(11)18)19(24)23-17-7-5-6-15(12(17)2)20(25)21-4/h5-10,22H,1-4H3,(H,21,25)(H,23,24). The molecule has 1 aromatic heterocycles. The van der Waals surface area contributed by atoms with Crippen molar-refractivity contribution in [3.05, 3.63) is 64.3 Å². The van der Waals surface area contributed by atoms with Crippen LogP contribution in [0.5, 0.6) is 0 Å². The molecule has 2 amide bonds. The molecule has 5 heteroatoms. The molecule has 0 radical (unpaired) electrons. The highest BCUT2D eigenvalue weighted by molar-refractivity contribution is 6.08. The monoisotopic (exact) mass is 335 g/mol. The van der Waals surface area contributed by atoms with Gasteiger partial charge in [-0.15, -0.1) is 0 Å². The quantitative estimate of drug-likeness (QED) is 0.683. The predicted molar refractivity (Wildman–Crippen MR) is 100 cm³/mol. The molecule has 2 aromatic carbocycles. The van der Waals surface area contributed by atoms with Crippen LogP contribution < -0.4 is 10.6 Å². The summed E-state index contributed by atoms with van der Waals surface area (Å²) in [6.07, 6.45) is 0.